The molecule has 1 amide bonds. The molecule has 2 aromatic rings. The largest absolute Gasteiger partial charge is 0.342 e. The monoisotopic (exact) mass is 426 g/mol. The molecule has 1 saturated heterocycles. The molecule has 1 aliphatic heterocycles. The first-order valence-corrected chi connectivity index (χ1v) is 11.3. The third kappa shape index (κ3) is 5.24. The number of hydrogen-bond acceptors (Lipinski definition) is 4. The van der Waals surface area contributed by atoms with Crippen LogP contribution < -0.4 is 0 Å². The minimum Gasteiger partial charge on any atom is -0.342 e. The summed E-state index contributed by atoms with van der Waals surface area (Å²) >= 11 is 9.13. The molecule has 0 atom stereocenters. The van der Waals surface area contributed by atoms with E-state index in [2.05, 4.69) is 26.2 Å². The SMILES string of the molecule is CC(C)(C)c1csc(C2CCN(C(=O)CSc3ccc(F)cc3Cl)CC2)n1. The Bertz CT molecular complexity index is 811. The van der Waals surface area contributed by atoms with Gasteiger partial charge in [0.15, 0.2) is 0 Å². The summed E-state index contributed by atoms with van der Waals surface area (Å²) < 4.78 is 13.1. The average molecular weight is 427 g/mol. The molecule has 3 nitrogen and oxygen atoms in total. The van der Waals surface area contributed by atoms with Crippen LogP contribution in [0.1, 0.15) is 50.2 Å². The molecule has 7 heteroatoms. The molecule has 0 bridgehead atoms. The van der Waals surface area contributed by atoms with E-state index in [1.54, 1.807) is 17.4 Å². The van der Waals surface area contributed by atoms with Crippen molar-refractivity contribution in [2.24, 2.45) is 0 Å². The second-order valence-corrected chi connectivity index (χ2v) is 10.2. The summed E-state index contributed by atoms with van der Waals surface area (Å²) in [5.74, 6) is 0.499. The molecule has 3 rings (SSSR count). The van der Waals surface area contributed by atoms with Crippen molar-refractivity contribution in [2.45, 2.75) is 49.8 Å². The van der Waals surface area contributed by atoms with Gasteiger partial charge in [0.25, 0.3) is 0 Å². The highest BCUT2D eigenvalue weighted by atomic mass is 35.5. The Morgan fingerprint density at radius 3 is 2.67 bits per heavy atom. The van der Waals surface area contributed by atoms with Gasteiger partial charge in [-0.05, 0) is 31.0 Å². The summed E-state index contributed by atoms with van der Waals surface area (Å²) in [6.45, 7) is 8.05. The van der Waals surface area contributed by atoms with Crippen LogP contribution in [0.2, 0.25) is 5.02 Å². The number of halogens is 2. The lowest BCUT2D eigenvalue weighted by molar-refractivity contribution is -0.129. The number of rotatable bonds is 4. The van der Waals surface area contributed by atoms with Crippen molar-refractivity contribution < 1.29 is 9.18 Å². The number of carbonyl (C=O) groups excluding carboxylic acids is 1. The summed E-state index contributed by atoms with van der Waals surface area (Å²) in [5, 5.41) is 3.71. The highest BCUT2D eigenvalue weighted by molar-refractivity contribution is 8.00. The van der Waals surface area contributed by atoms with Gasteiger partial charge in [-0.3, -0.25) is 4.79 Å². The minimum absolute atomic E-state index is 0.0737. The molecule has 0 aliphatic carbocycles. The number of piperidine rings is 1. The summed E-state index contributed by atoms with van der Waals surface area (Å²) in [6, 6.07) is 4.26. The molecular formula is C20H24ClFN2OS2. The van der Waals surface area contributed by atoms with Gasteiger partial charge >= 0.3 is 0 Å². The predicted molar refractivity (Wildman–Crippen MR) is 112 cm³/mol. The fourth-order valence-corrected chi connectivity index (χ4v) is 5.39. The Hall–Kier alpha value is -1.11. The number of amides is 1. The number of likely N-dealkylation sites (tertiary alicyclic amines) is 1. The van der Waals surface area contributed by atoms with Crippen LogP contribution in [0.15, 0.2) is 28.5 Å². The maximum absolute atomic E-state index is 13.1. The normalized spacial score (nSPS) is 16.0. The Kier molecular flexibility index (Phi) is 6.49. The second-order valence-electron chi connectivity index (χ2n) is 7.84. The van der Waals surface area contributed by atoms with Crippen molar-refractivity contribution in [1.29, 1.82) is 0 Å². The van der Waals surface area contributed by atoms with E-state index in [0.29, 0.717) is 16.7 Å². The lowest BCUT2D eigenvalue weighted by atomic mass is 9.93. The van der Waals surface area contributed by atoms with Gasteiger partial charge in [-0.1, -0.05) is 32.4 Å². The zero-order valence-electron chi connectivity index (χ0n) is 15.8. The quantitative estimate of drug-likeness (QED) is 0.585. The Morgan fingerprint density at radius 1 is 1.37 bits per heavy atom. The number of hydrogen-bond donors (Lipinski definition) is 0. The van der Waals surface area contributed by atoms with Gasteiger partial charge in [0, 0.05) is 34.7 Å². The van der Waals surface area contributed by atoms with Crippen LogP contribution in [-0.4, -0.2) is 34.6 Å². The molecule has 27 heavy (non-hydrogen) atoms. The standard InChI is InChI=1S/C20H24ClFN2OS2/c1-20(2,3)17-11-27-19(23-17)13-6-8-24(9-7-13)18(25)12-26-16-5-4-14(22)10-15(16)21/h4-5,10-11,13H,6-9,12H2,1-3H3. The van der Waals surface area contributed by atoms with Crippen molar-refractivity contribution in [3.8, 4) is 0 Å². The van der Waals surface area contributed by atoms with Crippen LogP contribution in [-0.2, 0) is 10.2 Å². The first-order chi connectivity index (χ1) is 12.7. The maximum Gasteiger partial charge on any atom is 0.232 e. The van der Waals surface area contributed by atoms with E-state index >= 15 is 0 Å². The van der Waals surface area contributed by atoms with Crippen molar-refractivity contribution in [2.75, 3.05) is 18.8 Å². The van der Waals surface area contributed by atoms with Gasteiger partial charge < -0.3 is 4.90 Å². The average Bonchev–Trinajstić information content (AvgIpc) is 3.11. The fourth-order valence-electron chi connectivity index (χ4n) is 3.02. The first-order valence-electron chi connectivity index (χ1n) is 9.05. The predicted octanol–water partition coefficient (Wildman–Crippen LogP) is 5.73. The molecule has 0 spiro atoms. The van der Waals surface area contributed by atoms with E-state index in [1.165, 1.54) is 28.9 Å². The Labute approximate surface area is 173 Å². The van der Waals surface area contributed by atoms with Crippen LogP contribution in [0.25, 0.3) is 0 Å². The summed E-state index contributed by atoms with van der Waals surface area (Å²) in [5.41, 5.74) is 1.22. The van der Waals surface area contributed by atoms with Gasteiger partial charge in [-0.15, -0.1) is 23.1 Å². The van der Waals surface area contributed by atoms with E-state index in [4.69, 9.17) is 16.6 Å². The van der Waals surface area contributed by atoms with Crippen molar-refractivity contribution in [3.63, 3.8) is 0 Å². The number of thioether (sulfide) groups is 1. The highest BCUT2D eigenvalue weighted by Crippen LogP contribution is 2.34. The smallest absolute Gasteiger partial charge is 0.232 e. The second kappa shape index (κ2) is 8.50. The van der Waals surface area contributed by atoms with Gasteiger partial charge in [-0.25, -0.2) is 9.37 Å². The van der Waals surface area contributed by atoms with E-state index < -0.39 is 0 Å². The molecular weight excluding hydrogens is 403 g/mol. The number of thiazole rings is 1. The summed E-state index contributed by atoms with van der Waals surface area (Å²) in [7, 11) is 0. The molecule has 146 valence electrons. The van der Waals surface area contributed by atoms with Crippen LogP contribution in [0.4, 0.5) is 4.39 Å². The van der Waals surface area contributed by atoms with E-state index in [1.807, 2.05) is 4.90 Å². The first kappa shape index (κ1) is 20.6. The van der Waals surface area contributed by atoms with Crippen LogP contribution in [0, 0.1) is 5.82 Å². The highest BCUT2D eigenvalue weighted by Gasteiger charge is 2.27. The van der Waals surface area contributed by atoms with E-state index in [0.717, 1.165) is 36.5 Å². The van der Waals surface area contributed by atoms with E-state index in [9.17, 15) is 9.18 Å². The maximum atomic E-state index is 13.1. The lowest BCUT2D eigenvalue weighted by Gasteiger charge is -2.31. The van der Waals surface area contributed by atoms with Crippen molar-refractivity contribution >= 4 is 40.6 Å². The fraction of sp³-hybridized carbons (Fsp3) is 0.500. The molecule has 1 aliphatic rings. The number of nitrogens with zero attached hydrogens (tertiary/aromatic N) is 2. The third-order valence-electron chi connectivity index (χ3n) is 4.73. The zero-order valence-corrected chi connectivity index (χ0v) is 18.2. The van der Waals surface area contributed by atoms with Crippen molar-refractivity contribution in [1.82, 2.24) is 9.88 Å². The summed E-state index contributed by atoms with van der Waals surface area (Å²) in [6.07, 6.45) is 1.90. The molecule has 1 fully saturated rings. The number of aromatic nitrogens is 1. The molecule has 1 aromatic heterocycles. The van der Waals surface area contributed by atoms with Gasteiger partial charge in [0.1, 0.15) is 5.82 Å². The molecule has 0 radical (unpaired) electrons. The molecule has 2 heterocycles. The minimum atomic E-state index is -0.366. The molecule has 0 saturated carbocycles. The Morgan fingerprint density at radius 2 is 2.07 bits per heavy atom. The topological polar surface area (TPSA) is 33.2 Å². The van der Waals surface area contributed by atoms with Crippen molar-refractivity contribution in [3.05, 3.63) is 45.1 Å². The van der Waals surface area contributed by atoms with Crippen LogP contribution in [0.3, 0.4) is 0 Å². The van der Waals surface area contributed by atoms with Crippen LogP contribution in [0.5, 0.6) is 0 Å². The molecule has 1 aromatic carbocycles. The number of benzene rings is 1. The van der Waals surface area contributed by atoms with Gasteiger partial charge in [0.05, 0.1) is 21.5 Å². The third-order valence-corrected chi connectivity index (χ3v) is 7.22. The molecule has 0 N–H and O–H groups in total. The van der Waals surface area contributed by atoms with Gasteiger partial charge in [0.2, 0.25) is 5.91 Å². The number of carbonyl (C=O) groups is 1. The molecule has 0 unspecified atom stereocenters. The lowest BCUT2D eigenvalue weighted by Crippen LogP contribution is -2.38. The Balaban J connectivity index is 1.51. The van der Waals surface area contributed by atoms with E-state index in [-0.39, 0.29) is 17.1 Å². The van der Waals surface area contributed by atoms with Gasteiger partial charge in [-0.2, -0.15) is 0 Å². The van der Waals surface area contributed by atoms with Crippen LogP contribution >= 0.6 is 34.7 Å². The zero-order chi connectivity index (χ0) is 19.6. The summed E-state index contributed by atoms with van der Waals surface area (Å²) in [4.78, 5) is 20.0.